The van der Waals surface area contributed by atoms with Crippen molar-refractivity contribution in [2.75, 3.05) is 24.7 Å². The Hall–Kier alpha value is -2.14. The number of rotatable bonds is 9. The third kappa shape index (κ3) is 7.40. The molecular weight excluding hydrogens is 384 g/mol. The molecule has 0 aliphatic carbocycles. The predicted molar refractivity (Wildman–Crippen MR) is 96.5 cm³/mol. The Kier molecular flexibility index (Phi) is 8.03. The number of hydrogen-bond donors (Lipinski definition) is 2. The minimum atomic E-state index is -3.56. The van der Waals surface area contributed by atoms with E-state index in [1.54, 1.807) is 0 Å². The number of nitrogens with one attached hydrogen (secondary N) is 2. The molecule has 1 unspecified atom stereocenters. The Morgan fingerprint density at radius 3 is 2.46 bits per heavy atom. The van der Waals surface area contributed by atoms with Gasteiger partial charge in [-0.05, 0) is 23.8 Å². The Bertz CT molecular complexity index is 756. The number of amides is 1. The Balaban J connectivity index is 2.65. The predicted octanol–water partition coefficient (Wildman–Crippen LogP) is 0.980. The Morgan fingerprint density at radius 1 is 1.27 bits per heavy atom. The van der Waals surface area contributed by atoms with Gasteiger partial charge in [0.25, 0.3) is 5.91 Å². The van der Waals surface area contributed by atoms with Crippen molar-refractivity contribution < 1.29 is 32.3 Å². The summed E-state index contributed by atoms with van der Waals surface area (Å²) < 4.78 is 34.3. The fourth-order valence-electron chi connectivity index (χ4n) is 2.01. The number of carbonyl (C=O) groups is 3. The van der Waals surface area contributed by atoms with Crippen molar-refractivity contribution in [3.63, 3.8) is 0 Å². The van der Waals surface area contributed by atoms with E-state index in [0.717, 1.165) is 17.6 Å². The van der Waals surface area contributed by atoms with E-state index in [4.69, 9.17) is 4.74 Å². The van der Waals surface area contributed by atoms with Crippen LogP contribution in [0.3, 0.4) is 0 Å². The Morgan fingerprint density at radius 2 is 1.92 bits per heavy atom. The molecule has 26 heavy (non-hydrogen) atoms. The van der Waals surface area contributed by atoms with Crippen molar-refractivity contribution in [3.8, 4) is 0 Å². The highest BCUT2D eigenvalue weighted by Crippen LogP contribution is 2.24. The molecule has 0 spiro atoms. The second-order valence-electron chi connectivity index (χ2n) is 5.89. The summed E-state index contributed by atoms with van der Waals surface area (Å²) in [5.41, 5.74) is 0.0788. The summed E-state index contributed by atoms with van der Waals surface area (Å²) in [4.78, 5) is 35.7. The fraction of sp³-hybridized carbons (Fsp3) is 0.533. The monoisotopic (exact) mass is 406 g/mol. The lowest BCUT2D eigenvalue weighted by molar-refractivity contribution is -0.145. The lowest BCUT2D eigenvalue weighted by Crippen LogP contribution is -2.44. The molecule has 1 amide bonds. The van der Waals surface area contributed by atoms with Crippen LogP contribution in [0.25, 0.3) is 0 Å². The molecule has 0 aliphatic rings. The van der Waals surface area contributed by atoms with Gasteiger partial charge in [-0.2, -0.15) is 0 Å². The highest BCUT2D eigenvalue weighted by Gasteiger charge is 2.24. The van der Waals surface area contributed by atoms with Gasteiger partial charge < -0.3 is 14.8 Å². The van der Waals surface area contributed by atoms with Gasteiger partial charge in [0.1, 0.15) is 10.9 Å². The van der Waals surface area contributed by atoms with Crippen molar-refractivity contribution in [2.24, 2.45) is 5.92 Å². The van der Waals surface area contributed by atoms with E-state index in [1.807, 2.05) is 13.8 Å². The lowest BCUT2D eigenvalue weighted by atomic mass is 10.0. The standard InChI is InChI=1S/C15H22N2O7S2/c1-9(2)7-11(14(19)23-3)16-12(18)8-24-15(20)13-10(5-6-25-13)17-26(4,21)22/h5-6,9,11,17H,7-8H2,1-4H3,(H,16,18). The normalized spacial score (nSPS) is 12.3. The highest BCUT2D eigenvalue weighted by molar-refractivity contribution is 7.92. The zero-order valence-electron chi connectivity index (χ0n) is 14.9. The van der Waals surface area contributed by atoms with Gasteiger partial charge in [0.2, 0.25) is 10.0 Å². The molecule has 0 fully saturated rings. The first-order valence-electron chi connectivity index (χ1n) is 7.63. The fourth-order valence-corrected chi connectivity index (χ4v) is 3.38. The SMILES string of the molecule is COC(=O)C(CC(C)C)NC(=O)COC(=O)c1sccc1NS(C)(=O)=O. The smallest absolute Gasteiger partial charge is 0.350 e. The Labute approximate surface area is 156 Å². The van der Waals surface area contributed by atoms with Gasteiger partial charge in [-0.1, -0.05) is 13.8 Å². The molecule has 1 heterocycles. The largest absolute Gasteiger partial charge is 0.467 e. The van der Waals surface area contributed by atoms with Crippen molar-refractivity contribution >= 4 is 44.9 Å². The number of sulfonamides is 1. The van der Waals surface area contributed by atoms with Gasteiger partial charge >= 0.3 is 11.9 Å². The van der Waals surface area contributed by atoms with E-state index in [2.05, 4.69) is 14.8 Å². The molecule has 0 saturated heterocycles. The van der Waals surface area contributed by atoms with Crippen LogP contribution >= 0.6 is 11.3 Å². The number of thiophene rings is 1. The molecule has 0 aromatic carbocycles. The van der Waals surface area contributed by atoms with Crippen molar-refractivity contribution in [2.45, 2.75) is 26.3 Å². The van der Waals surface area contributed by atoms with E-state index in [-0.39, 0.29) is 16.5 Å². The summed E-state index contributed by atoms with van der Waals surface area (Å²) in [7, 11) is -2.34. The molecule has 2 N–H and O–H groups in total. The zero-order valence-corrected chi connectivity index (χ0v) is 16.5. The maximum absolute atomic E-state index is 12.1. The molecule has 1 aromatic heterocycles. The molecule has 1 rings (SSSR count). The first-order chi connectivity index (χ1) is 12.0. The number of anilines is 1. The second kappa shape index (κ2) is 9.53. The van der Waals surface area contributed by atoms with E-state index >= 15 is 0 Å². The molecular formula is C15H22N2O7S2. The summed E-state index contributed by atoms with van der Waals surface area (Å²) in [6, 6.07) is 0.577. The van der Waals surface area contributed by atoms with Gasteiger partial charge in [0.15, 0.2) is 6.61 Å². The molecule has 0 bridgehead atoms. The van der Waals surface area contributed by atoms with Crippen LogP contribution in [-0.4, -0.2) is 52.3 Å². The van der Waals surface area contributed by atoms with E-state index < -0.39 is 40.5 Å². The highest BCUT2D eigenvalue weighted by atomic mass is 32.2. The van der Waals surface area contributed by atoms with Crippen LogP contribution in [0.4, 0.5) is 5.69 Å². The minimum absolute atomic E-state index is 0.0231. The third-order valence-electron chi connectivity index (χ3n) is 3.01. The molecule has 9 nitrogen and oxygen atoms in total. The van der Waals surface area contributed by atoms with Crippen molar-refractivity contribution in [1.82, 2.24) is 5.32 Å². The van der Waals surface area contributed by atoms with Gasteiger partial charge in [-0.25, -0.2) is 18.0 Å². The van der Waals surface area contributed by atoms with Crippen LogP contribution in [0.1, 0.15) is 29.9 Å². The molecule has 0 saturated carbocycles. The molecule has 1 atom stereocenters. The molecule has 11 heteroatoms. The maximum atomic E-state index is 12.1. The van der Waals surface area contributed by atoms with Crippen LogP contribution in [0.2, 0.25) is 0 Å². The maximum Gasteiger partial charge on any atom is 0.350 e. The first kappa shape index (κ1) is 21.9. The van der Waals surface area contributed by atoms with Crippen LogP contribution in [0.5, 0.6) is 0 Å². The number of ether oxygens (including phenoxy) is 2. The van der Waals surface area contributed by atoms with Crippen LogP contribution in [0, 0.1) is 5.92 Å². The van der Waals surface area contributed by atoms with Gasteiger partial charge in [-0.3, -0.25) is 9.52 Å². The van der Waals surface area contributed by atoms with Crippen molar-refractivity contribution in [3.05, 3.63) is 16.3 Å². The quantitative estimate of drug-likeness (QED) is 0.585. The van der Waals surface area contributed by atoms with E-state index in [0.29, 0.717) is 6.42 Å². The van der Waals surface area contributed by atoms with E-state index in [1.165, 1.54) is 18.6 Å². The first-order valence-corrected chi connectivity index (χ1v) is 10.4. The van der Waals surface area contributed by atoms with Crippen LogP contribution in [-0.2, 0) is 29.1 Å². The number of methoxy groups -OCH3 is 1. The zero-order chi connectivity index (χ0) is 19.9. The molecule has 1 aromatic rings. The summed E-state index contributed by atoms with van der Waals surface area (Å²) >= 11 is 0.974. The average molecular weight is 406 g/mol. The third-order valence-corrected chi connectivity index (χ3v) is 4.49. The lowest BCUT2D eigenvalue weighted by Gasteiger charge is -2.18. The number of carbonyl (C=O) groups excluding carboxylic acids is 3. The second-order valence-corrected chi connectivity index (χ2v) is 8.55. The van der Waals surface area contributed by atoms with Crippen LogP contribution in [0.15, 0.2) is 11.4 Å². The minimum Gasteiger partial charge on any atom is -0.467 e. The topological polar surface area (TPSA) is 128 Å². The summed E-state index contributed by atoms with van der Waals surface area (Å²) in [6.45, 7) is 3.16. The van der Waals surface area contributed by atoms with Crippen LogP contribution < -0.4 is 10.0 Å². The van der Waals surface area contributed by atoms with Gasteiger partial charge in [-0.15, -0.1) is 11.3 Å². The summed E-state index contributed by atoms with van der Waals surface area (Å²) in [5.74, 6) is -1.96. The summed E-state index contributed by atoms with van der Waals surface area (Å²) in [6.07, 6.45) is 1.33. The van der Waals surface area contributed by atoms with Gasteiger partial charge in [0.05, 0.1) is 19.1 Å². The van der Waals surface area contributed by atoms with Crippen molar-refractivity contribution in [1.29, 1.82) is 0 Å². The molecule has 0 aliphatic heterocycles. The molecule has 0 radical (unpaired) electrons. The number of hydrogen-bond acceptors (Lipinski definition) is 8. The van der Waals surface area contributed by atoms with E-state index in [9.17, 15) is 22.8 Å². The molecule has 146 valence electrons. The van der Waals surface area contributed by atoms with Gasteiger partial charge in [0, 0.05) is 0 Å². The average Bonchev–Trinajstić information content (AvgIpc) is 2.96. The summed E-state index contributed by atoms with van der Waals surface area (Å²) in [5, 5.41) is 3.97. The number of esters is 2.